The van der Waals surface area contributed by atoms with Gasteiger partial charge in [0.1, 0.15) is 0 Å². The quantitative estimate of drug-likeness (QED) is 0.805. The number of aryl methyl sites for hydroxylation is 1. The van der Waals surface area contributed by atoms with Gasteiger partial charge < -0.3 is 9.47 Å². The molecule has 1 heterocycles. The van der Waals surface area contributed by atoms with Gasteiger partial charge in [0.15, 0.2) is 11.5 Å². The highest BCUT2D eigenvalue weighted by atomic mass is 79.9. The van der Waals surface area contributed by atoms with Crippen LogP contribution in [0.1, 0.15) is 5.56 Å². The van der Waals surface area contributed by atoms with E-state index in [9.17, 15) is 8.42 Å². The lowest BCUT2D eigenvalue weighted by Gasteiger charge is -2.09. The van der Waals surface area contributed by atoms with Crippen molar-refractivity contribution in [1.29, 1.82) is 0 Å². The number of fused-ring (bicyclic) bond motifs is 1. The summed E-state index contributed by atoms with van der Waals surface area (Å²) in [5.74, 6) is 1.15. The molecule has 1 aliphatic heterocycles. The number of alkyl halides is 1. The maximum Gasteiger partial charge on any atom is 0.261 e. The number of rotatable bonds is 5. The Morgan fingerprint density at radius 2 is 1.77 bits per heavy atom. The Morgan fingerprint density at radius 3 is 2.50 bits per heavy atom. The Hall–Kier alpha value is -1.73. The van der Waals surface area contributed by atoms with Crippen LogP contribution in [0, 0.1) is 0 Å². The summed E-state index contributed by atoms with van der Waals surface area (Å²) in [7, 11) is -3.62. The molecule has 0 fully saturated rings. The van der Waals surface area contributed by atoms with Gasteiger partial charge in [0, 0.05) is 11.4 Å². The number of hydrogen-bond donors (Lipinski definition) is 1. The molecule has 0 unspecified atom stereocenters. The smallest absolute Gasteiger partial charge is 0.261 e. The van der Waals surface area contributed by atoms with Crippen molar-refractivity contribution in [3.05, 3.63) is 48.0 Å². The first-order chi connectivity index (χ1) is 10.6. The molecule has 1 N–H and O–H groups in total. The molecule has 0 bridgehead atoms. The van der Waals surface area contributed by atoms with Gasteiger partial charge in [-0.15, -0.1) is 0 Å². The van der Waals surface area contributed by atoms with E-state index >= 15 is 0 Å². The second-order valence-corrected chi connectivity index (χ2v) is 7.23. The highest BCUT2D eigenvalue weighted by Crippen LogP contribution is 2.34. The van der Waals surface area contributed by atoms with Gasteiger partial charge in [-0.05, 0) is 36.2 Å². The Balaban J connectivity index is 1.81. The summed E-state index contributed by atoms with van der Waals surface area (Å²) in [6, 6.07) is 11.8. The SMILES string of the molecule is O=S(=O)(Nc1ccc2c(c1)OCO2)c1ccc(CCBr)cc1. The normalized spacial score (nSPS) is 13.1. The largest absolute Gasteiger partial charge is 0.454 e. The van der Waals surface area contributed by atoms with E-state index in [2.05, 4.69) is 20.7 Å². The second-order valence-electron chi connectivity index (χ2n) is 4.76. The Labute approximate surface area is 137 Å². The van der Waals surface area contributed by atoms with E-state index < -0.39 is 10.0 Å². The summed E-state index contributed by atoms with van der Waals surface area (Å²) in [4.78, 5) is 0.225. The first-order valence-corrected chi connectivity index (χ1v) is 9.26. The molecule has 0 radical (unpaired) electrons. The lowest BCUT2D eigenvalue weighted by atomic mass is 10.2. The summed E-state index contributed by atoms with van der Waals surface area (Å²) in [6.45, 7) is 0.153. The molecule has 22 heavy (non-hydrogen) atoms. The first-order valence-electron chi connectivity index (χ1n) is 6.66. The van der Waals surface area contributed by atoms with E-state index in [-0.39, 0.29) is 11.7 Å². The number of sulfonamides is 1. The molecule has 0 amide bonds. The Morgan fingerprint density at radius 1 is 1.05 bits per heavy atom. The van der Waals surface area contributed by atoms with Crippen LogP contribution in [-0.4, -0.2) is 20.5 Å². The molecule has 0 aromatic heterocycles. The summed E-state index contributed by atoms with van der Waals surface area (Å²) in [5, 5.41) is 0.842. The van der Waals surface area contributed by atoms with E-state index in [0.29, 0.717) is 17.2 Å². The number of halogens is 1. The maximum atomic E-state index is 12.4. The zero-order valence-corrected chi connectivity index (χ0v) is 14.0. The predicted octanol–water partition coefficient (Wildman–Crippen LogP) is 3.15. The van der Waals surface area contributed by atoms with Crippen LogP contribution >= 0.6 is 15.9 Å². The van der Waals surface area contributed by atoms with Crippen molar-refractivity contribution >= 4 is 31.6 Å². The molecular formula is C15H14BrNO4S. The van der Waals surface area contributed by atoms with Crippen molar-refractivity contribution in [2.45, 2.75) is 11.3 Å². The van der Waals surface area contributed by atoms with Crippen LogP contribution in [0.4, 0.5) is 5.69 Å². The van der Waals surface area contributed by atoms with Crippen molar-refractivity contribution in [2.24, 2.45) is 0 Å². The first kappa shape index (κ1) is 15.2. The van der Waals surface area contributed by atoms with Crippen LogP contribution in [0.25, 0.3) is 0 Å². The molecule has 2 aromatic rings. The van der Waals surface area contributed by atoms with Crippen LogP contribution in [0.15, 0.2) is 47.4 Å². The molecule has 3 rings (SSSR count). The van der Waals surface area contributed by atoms with Crippen molar-refractivity contribution in [1.82, 2.24) is 0 Å². The summed E-state index contributed by atoms with van der Waals surface area (Å²) in [5.41, 5.74) is 1.52. The molecule has 2 aromatic carbocycles. The molecule has 0 saturated heterocycles. The van der Waals surface area contributed by atoms with Crippen LogP contribution in [0.3, 0.4) is 0 Å². The molecular weight excluding hydrogens is 370 g/mol. The fourth-order valence-corrected chi connectivity index (χ4v) is 3.63. The highest BCUT2D eigenvalue weighted by Gasteiger charge is 2.17. The van der Waals surface area contributed by atoms with Gasteiger partial charge in [0.25, 0.3) is 10.0 Å². The molecule has 0 atom stereocenters. The predicted molar refractivity (Wildman–Crippen MR) is 87.3 cm³/mol. The molecule has 0 saturated carbocycles. The van der Waals surface area contributed by atoms with Gasteiger partial charge in [-0.3, -0.25) is 4.72 Å². The number of hydrogen-bond acceptors (Lipinski definition) is 4. The second kappa shape index (κ2) is 6.18. The summed E-state index contributed by atoms with van der Waals surface area (Å²) in [6.07, 6.45) is 0.857. The standard InChI is InChI=1S/C15H14BrNO4S/c16-8-7-11-1-4-13(5-2-11)22(18,19)17-12-3-6-14-15(9-12)21-10-20-14/h1-6,9,17H,7-8,10H2. The number of nitrogens with one attached hydrogen (secondary N) is 1. The van der Waals surface area contributed by atoms with E-state index in [4.69, 9.17) is 9.47 Å². The molecule has 116 valence electrons. The van der Waals surface area contributed by atoms with Crippen LogP contribution < -0.4 is 14.2 Å². The summed E-state index contributed by atoms with van der Waals surface area (Å²) < 4.78 is 37.7. The third-order valence-corrected chi connectivity index (χ3v) is 5.04. The van der Waals surface area contributed by atoms with Crippen LogP contribution in [0.2, 0.25) is 0 Å². The van der Waals surface area contributed by atoms with Crippen molar-refractivity contribution in [3.8, 4) is 11.5 Å². The van der Waals surface area contributed by atoms with Crippen LogP contribution in [-0.2, 0) is 16.4 Å². The minimum atomic E-state index is -3.62. The van der Waals surface area contributed by atoms with Crippen molar-refractivity contribution < 1.29 is 17.9 Å². The van der Waals surface area contributed by atoms with E-state index in [1.165, 1.54) is 0 Å². The van der Waals surface area contributed by atoms with Gasteiger partial charge in [0.05, 0.1) is 10.6 Å². The fourth-order valence-electron chi connectivity index (χ4n) is 2.12. The lowest BCUT2D eigenvalue weighted by molar-refractivity contribution is 0.174. The monoisotopic (exact) mass is 383 g/mol. The number of benzene rings is 2. The van der Waals surface area contributed by atoms with E-state index in [0.717, 1.165) is 17.3 Å². The fraction of sp³-hybridized carbons (Fsp3) is 0.200. The third kappa shape index (κ3) is 3.20. The van der Waals surface area contributed by atoms with E-state index in [1.807, 2.05) is 12.1 Å². The Kier molecular flexibility index (Phi) is 4.26. The van der Waals surface area contributed by atoms with Gasteiger partial charge >= 0.3 is 0 Å². The Bertz CT molecular complexity index is 775. The minimum absolute atomic E-state index is 0.153. The van der Waals surface area contributed by atoms with Gasteiger partial charge in [-0.1, -0.05) is 28.1 Å². The van der Waals surface area contributed by atoms with Crippen molar-refractivity contribution in [3.63, 3.8) is 0 Å². The zero-order valence-electron chi connectivity index (χ0n) is 11.6. The maximum absolute atomic E-state index is 12.4. The highest BCUT2D eigenvalue weighted by molar-refractivity contribution is 9.09. The third-order valence-electron chi connectivity index (χ3n) is 3.24. The molecule has 0 aliphatic carbocycles. The van der Waals surface area contributed by atoms with Crippen molar-refractivity contribution in [2.75, 3.05) is 16.8 Å². The average molecular weight is 384 g/mol. The van der Waals surface area contributed by atoms with E-state index in [1.54, 1.807) is 30.3 Å². The zero-order chi connectivity index (χ0) is 15.6. The van der Waals surface area contributed by atoms with Gasteiger partial charge in [-0.25, -0.2) is 8.42 Å². The minimum Gasteiger partial charge on any atom is -0.454 e. The lowest BCUT2D eigenvalue weighted by Crippen LogP contribution is -2.12. The average Bonchev–Trinajstić information content (AvgIpc) is 2.95. The van der Waals surface area contributed by atoms with Crippen LogP contribution in [0.5, 0.6) is 11.5 Å². The number of anilines is 1. The molecule has 0 spiro atoms. The van der Waals surface area contributed by atoms with Gasteiger partial charge in [0.2, 0.25) is 6.79 Å². The number of ether oxygens (including phenoxy) is 2. The summed E-state index contributed by atoms with van der Waals surface area (Å²) >= 11 is 3.36. The molecule has 5 nitrogen and oxygen atoms in total. The topological polar surface area (TPSA) is 64.6 Å². The molecule has 7 heteroatoms. The van der Waals surface area contributed by atoms with Gasteiger partial charge in [-0.2, -0.15) is 0 Å². The molecule has 1 aliphatic rings.